The fourth-order valence-corrected chi connectivity index (χ4v) is 1.39. The van der Waals surface area contributed by atoms with Gasteiger partial charge >= 0.3 is 0 Å². The first-order valence-electron chi connectivity index (χ1n) is 4.12. The van der Waals surface area contributed by atoms with E-state index in [1.54, 1.807) is 6.92 Å². The summed E-state index contributed by atoms with van der Waals surface area (Å²) in [6.07, 6.45) is 1.84. The van der Waals surface area contributed by atoms with Gasteiger partial charge in [0.05, 0.1) is 19.3 Å². The van der Waals surface area contributed by atoms with Crippen molar-refractivity contribution < 1.29 is 14.7 Å². The number of nitrogens with zero attached hydrogens (tertiary/aromatic N) is 1. The van der Waals surface area contributed by atoms with Crippen LogP contribution < -0.4 is 0 Å². The first-order valence-corrected chi connectivity index (χ1v) is 4.12. The summed E-state index contributed by atoms with van der Waals surface area (Å²) in [4.78, 5) is 16.1. The molecule has 0 aromatic heterocycles. The van der Waals surface area contributed by atoms with Crippen molar-refractivity contribution >= 4 is 5.91 Å². The van der Waals surface area contributed by atoms with Crippen molar-refractivity contribution in [2.75, 3.05) is 13.7 Å². The van der Waals surface area contributed by atoms with Gasteiger partial charge in [-0.1, -0.05) is 0 Å². The molecule has 1 unspecified atom stereocenters. The molecular weight excluding hydrogens is 158 g/mol. The predicted molar refractivity (Wildman–Crippen MR) is 43.2 cm³/mol. The van der Waals surface area contributed by atoms with E-state index in [-0.39, 0.29) is 12.5 Å². The van der Waals surface area contributed by atoms with Crippen molar-refractivity contribution in [2.45, 2.75) is 31.8 Å². The Morgan fingerprint density at radius 2 is 2.33 bits per heavy atom. The number of aliphatic hydroxyl groups is 1. The number of carbonyl (C=O) groups excluding carboxylic acids is 1. The van der Waals surface area contributed by atoms with E-state index in [0.717, 1.165) is 6.42 Å². The van der Waals surface area contributed by atoms with Crippen LogP contribution in [-0.2, 0) is 9.63 Å². The lowest BCUT2D eigenvalue weighted by atomic mass is 10.0. The maximum atomic E-state index is 11.2. The van der Waals surface area contributed by atoms with E-state index in [2.05, 4.69) is 0 Å². The Hall–Kier alpha value is -0.610. The van der Waals surface area contributed by atoms with Crippen LogP contribution in [0.5, 0.6) is 0 Å². The molecule has 1 atom stereocenters. The molecule has 4 heteroatoms. The second-order valence-electron chi connectivity index (χ2n) is 3.46. The number of hydroxylamine groups is 2. The third kappa shape index (κ3) is 2.19. The lowest BCUT2D eigenvalue weighted by Gasteiger charge is -2.26. The molecule has 12 heavy (non-hydrogen) atoms. The van der Waals surface area contributed by atoms with Gasteiger partial charge in [0.1, 0.15) is 0 Å². The van der Waals surface area contributed by atoms with E-state index in [4.69, 9.17) is 4.84 Å². The Bertz CT molecular complexity index is 179. The zero-order valence-electron chi connectivity index (χ0n) is 7.54. The Balaban J connectivity index is 2.65. The van der Waals surface area contributed by atoms with Crippen molar-refractivity contribution in [1.82, 2.24) is 5.06 Å². The van der Waals surface area contributed by atoms with Crippen LogP contribution in [0.1, 0.15) is 26.2 Å². The molecule has 0 saturated carbocycles. The average molecular weight is 173 g/mol. The molecule has 1 rings (SSSR count). The maximum Gasteiger partial charge on any atom is 0.246 e. The van der Waals surface area contributed by atoms with Crippen molar-refractivity contribution in [3.63, 3.8) is 0 Å². The van der Waals surface area contributed by atoms with Gasteiger partial charge in [-0.25, -0.2) is 5.06 Å². The van der Waals surface area contributed by atoms with E-state index < -0.39 is 5.60 Å². The standard InChI is InChI=1S/C8H15NO3/c1-8(11)5-3-4-7(10)9(6-8)12-2/h11H,3-6H2,1-2H3. The van der Waals surface area contributed by atoms with Gasteiger partial charge in [0.25, 0.3) is 0 Å². The molecule has 1 heterocycles. The third-order valence-electron chi connectivity index (χ3n) is 2.09. The molecule has 0 bridgehead atoms. The van der Waals surface area contributed by atoms with Gasteiger partial charge in [0.2, 0.25) is 5.91 Å². The summed E-state index contributed by atoms with van der Waals surface area (Å²) in [7, 11) is 1.44. The molecule has 70 valence electrons. The summed E-state index contributed by atoms with van der Waals surface area (Å²) in [5.74, 6) is -0.0460. The van der Waals surface area contributed by atoms with Gasteiger partial charge in [0.15, 0.2) is 0 Å². The van der Waals surface area contributed by atoms with Gasteiger partial charge in [-0.2, -0.15) is 0 Å². The van der Waals surface area contributed by atoms with Gasteiger partial charge in [-0.15, -0.1) is 0 Å². The highest BCUT2D eigenvalue weighted by Crippen LogP contribution is 2.20. The van der Waals surface area contributed by atoms with Crippen LogP contribution in [0, 0.1) is 0 Å². The lowest BCUT2D eigenvalue weighted by Crippen LogP contribution is -2.40. The van der Waals surface area contributed by atoms with E-state index in [9.17, 15) is 9.90 Å². The topological polar surface area (TPSA) is 49.8 Å². The van der Waals surface area contributed by atoms with Crippen LogP contribution in [0.3, 0.4) is 0 Å². The van der Waals surface area contributed by atoms with Crippen molar-refractivity contribution in [2.24, 2.45) is 0 Å². The maximum absolute atomic E-state index is 11.2. The number of amides is 1. The Morgan fingerprint density at radius 1 is 1.67 bits per heavy atom. The molecule has 1 fully saturated rings. The molecule has 0 aliphatic carbocycles. The zero-order chi connectivity index (χ0) is 9.19. The van der Waals surface area contributed by atoms with E-state index in [1.807, 2.05) is 0 Å². The lowest BCUT2D eigenvalue weighted by molar-refractivity contribution is -0.185. The van der Waals surface area contributed by atoms with E-state index in [1.165, 1.54) is 12.2 Å². The van der Waals surface area contributed by atoms with Crippen molar-refractivity contribution in [3.8, 4) is 0 Å². The smallest absolute Gasteiger partial charge is 0.246 e. The predicted octanol–water partition coefficient (Wildman–Crippen LogP) is 0.311. The van der Waals surface area contributed by atoms with Crippen LogP contribution in [0.4, 0.5) is 0 Å². The molecule has 1 aliphatic heterocycles. The van der Waals surface area contributed by atoms with Gasteiger partial charge in [-0.05, 0) is 19.8 Å². The fourth-order valence-electron chi connectivity index (χ4n) is 1.39. The van der Waals surface area contributed by atoms with Crippen molar-refractivity contribution in [3.05, 3.63) is 0 Å². The first-order chi connectivity index (χ1) is 5.55. The number of rotatable bonds is 1. The van der Waals surface area contributed by atoms with E-state index in [0.29, 0.717) is 12.8 Å². The van der Waals surface area contributed by atoms with Crippen molar-refractivity contribution in [1.29, 1.82) is 0 Å². The fraction of sp³-hybridized carbons (Fsp3) is 0.875. The largest absolute Gasteiger partial charge is 0.388 e. The molecular formula is C8H15NO3. The summed E-state index contributed by atoms with van der Waals surface area (Å²) in [5, 5.41) is 10.9. The highest BCUT2D eigenvalue weighted by atomic mass is 16.7. The van der Waals surface area contributed by atoms with Crippen LogP contribution in [0.15, 0.2) is 0 Å². The first kappa shape index (κ1) is 9.48. The second kappa shape index (κ2) is 3.41. The van der Waals surface area contributed by atoms with Crippen LogP contribution in [0.2, 0.25) is 0 Å². The van der Waals surface area contributed by atoms with Gasteiger partial charge < -0.3 is 5.11 Å². The summed E-state index contributed by atoms with van der Waals surface area (Å²) < 4.78 is 0. The molecule has 0 spiro atoms. The number of carbonyl (C=O) groups is 1. The minimum Gasteiger partial charge on any atom is -0.388 e. The molecule has 0 aromatic rings. The Kier molecular flexibility index (Phi) is 2.69. The minimum atomic E-state index is -0.803. The normalized spacial score (nSPS) is 31.9. The SMILES string of the molecule is CON1CC(C)(O)CCCC1=O. The molecule has 0 radical (unpaired) electrons. The van der Waals surface area contributed by atoms with Crippen LogP contribution in [0.25, 0.3) is 0 Å². The molecule has 4 nitrogen and oxygen atoms in total. The number of hydrogen-bond acceptors (Lipinski definition) is 3. The Morgan fingerprint density at radius 3 is 2.92 bits per heavy atom. The average Bonchev–Trinajstić information content (AvgIpc) is 2.10. The molecule has 1 saturated heterocycles. The minimum absolute atomic E-state index is 0.0460. The molecule has 1 aliphatic rings. The monoisotopic (exact) mass is 173 g/mol. The summed E-state index contributed by atoms with van der Waals surface area (Å²) in [6, 6.07) is 0. The highest BCUT2D eigenvalue weighted by molar-refractivity contribution is 5.75. The van der Waals surface area contributed by atoms with Gasteiger partial charge in [0, 0.05) is 6.42 Å². The molecule has 1 N–H and O–H groups in total. The highest BCUT2D eigenvalue weighted by Gasteiger charge is 2.30. The summed E-state index contributed by atoms with van der Waals surface area (Å²) >= 11 is 0. The quantitative estimate of drug-likeness (QED) is 0.621. The molecule has 0 aromatic carbocycles. The number of β-amino-alcohol motifs (C(OH)–C–C–N with tert-alkyl or cyclic N) is 1. The van der Waals surface area contributed by atoms with E-state index >= 15 is 0 Å². The van der Waals surface area contributed by atoms with Crippen LogP contribution in [-0.4, -0.2) is 35.3 Å². The summed E-state index contributed by atoms with van der Waals surface area (Å²) in [6.45, 7) is 1.99. The number of hydrogen-bond donors (Lipinski definition) is 1. The molecule has 1 amide bonds. The second-order valence-corrected chi connectivity index (χ2v) is 3.46. The third-order valence-corrected chi connectivity index (χ3v) is 2.09. The van der Waals surface area contributed by atoms with Crippen LogP contribution >= 0.6 is 0 Å². The summed E-state index contributed by atoms with van der Waals surface area (Å²) in [5.41, 5.74) is -0.803. The zero-order valence-corrected chi connectivity index (χ0v) is 7.54. The Labute approximate surface area is 72.1 Å². The van der Waals surface area contributed by atoms with Gasteiger partial charge in [-0.3, -0.25) is 9.63 Å².